The maximum atomic E-state index is 11.9. The van der Waals surface area contributed by atoms with Gasteiger partial charge in [0.2, 0.25) is 0 Å². The molecule has 5 heteroatoms. The minimum Gasteiger partial charge on any atom is -0.491 e. The SMILES string of the molecule is N#Cc1ccc2c(c1)OCC2NC(=O)OCc1ccccc1. The number of carbonyl (C=O) groups excluding carboxylic acids is 1. The van der Waals surface area contributed by atoms with Gasteiger partial charge in [-0.2, -0.15) is 5.26 Å². The molecule has 1 amide bonds. The highest BCUT2D eigenvalue weighted by Gasteiger charge is 2.26. The van der Waals surface area contributed by atoms with Crippen LogP contribution in [0, 0.1) is 11.3 Å². The van der Waals surface area contributed by atoms with E-state index in [0.29, 0.717) is 17.9 Å². The van der Waals surface area contributed by atoms with Crippen molar-refractivity contribution in [2.75, 3.05) is 6.61 Å². The minimum absolute atomic E-state index is 0.223. The monoisotopic (exact) mass is 294 g/mol. The van der Waals surface area contributed by atoms with Crippen molar-refractivity contribution in [2.24, 2.45) is 0 Å². The number of carbonyl (C=O) groups is 1. The molecule has 0 saturated carbocycles. The fraction of sp³-hybridized carbons (Fsp3) is 0.176. The molecular weight excluding hydrogens is 280 g/mol. The third-order valence-corrected chi connectivity index (χ3v) is 3.43. The normalized spacial score (nSPS) is 15.3. The summed E-state index contributed by atoms with van der Waals surface area (Å²) in [6.07, 6.45) is -0.491. The lowest BCUT2D eigenvalue weighted by molar-refractivity contribution is 0.133. The van der Waals surface area contributed by atoms with Crippen LogP contribution in [0.2, 0.25) is 0 Å². The summed E-state index contributed by atoms with van der Waals surface area (Å²) in [5, 5.41) is 11.6. The molecule has 1 aliphatic rings. The van der Waals surface area contributed by atoms with Crippen LogP contribution in [-0.2, 0) is 11.3 Å². The van der Waals surface area contributed by atoms with Gasteiger partial charge in [0.15, 0.2) is 0 Å². The number of nitrogens with zero attached hydrogens (tertiary/aromatic N) is 1. The van der Waals surface area contributed by atoms with E-state index in [1.54, 1.807) is 18.2 Å². The van der Waals surface area contributed by atoms with E-state index in [4.69, 9.17) is 14.7 Å². The molecule has 1 N–H and O–H groups in total. The first-order valence-corrected chi connectivity index (χ1v) is 6.90. The van der Waals surface area contributed by atoms with Crippen molar-refractivity contribution < 1.29 is 14.3 Å². The molecule has 1 aliphatic heterocycles. The number of amides is 1. The average Bonchev–Trinajstić information content (AvgIpc) is 2.96. The van der Waals surface area contributed by atoms with Crippen LogP contribution in [0.1, 0.15) is 22.7 Å². The first-order chi connectivity index (χ1) is 10.8. The van der Waals surface area contributed by atoms with Gasteiger partial charge in [0.1, 0.15) is 19.0 Å². The molecule has 1 unspecified atom stereocenters. The molecule has 3 rings (SSSR count). The number of hydrogen-bond acceptors (Lipinski definition) is 4. The zero-order valence-corrected chi connectivity index (χ0v) is 11.8. The Morgan fingerprint density at radius 1 is 1.32 bits per heavy atom. The highest BCUT2D eigenvalue weighted by atomic mass is 16.5. The number of alkyl carbamates (subject to hydrolysis) is 1. The fourth-order valence-electron chi connectivity index (χ4n) is 2.31. The molecule has 0 radical (unpaired) electrons. The lowest BCUT2D eigenvalue weighted by Gasteiger charge is -2.12. The smallest absolute Gasteiger partial charge is 0.408 e. The standard InChI is InChI=1S/C17H14N2O3/c18-9-13-6-7-14-15(11-21-16(14)8-13)19-17(20)22-10-12-4-2-1-3-5-12/h1-8,15H,10-11H2,(H,19,20). The Morgan fingerprint density at radius 2 is 2.14 bits per heavy atom. The van der Waals surface area contributed by atoms with Crippen molar-refractivity contribution in [3.8, 4) is 11.8 Å². The van der Waals surface area contributed by atoms with E-state index >= 15 is 0 Å². The zero-order valence-electron chi connectivity index (χ0n) is 11.8. The molecule has 0 bridgehead atoms. The first-order valence-electron chi connectivity index (χ1n) is 6.90. The Hall–Kier alpha value is -3.00. The molecule has 0 saturated heterocycles. The van der Waals surface area contributed by atoms with E-state index in [9.17, 15) is 4.79 Å². The Kier molecular flexibility index (Phi) is 3.92. The molecular formula is C17H14N2O3. The largest absolute Gasteiger partial charge is 0.491 e. The third-order valence-electron chi connectivity index (χ3n) is 3.43. The Balaban J connectivity index is 1.59. The predicted molar refractivity (Wildman–Crippen MR) is 79.2 cm³/mol. The van der Waals surface area contributed by atoms with Gasteiger partial charge < -0.3 is 14.8 Å². The number of benzene rings is 2. The molecule has 1 atom stereocenters. The van der Waals surface area contributed by atoms with Crippen LogP contribution < -0.4 is 10.1 Å². The van der Waals surface area contributed by atoms with Crippen LogP contribution in [0.25, 0.3) is 0 Å². The lowest BCUT2D eigenvalue weighted by atomic mass is 10.1. The molecule has 1 heterocycles. The van der Waals surface area contributed by atoms with Crippen LogP contribution >= 0.6 is 0 Å². The molecule has 5 nitrogen and oxygen atoms in total. The van der Waals surface area contributed by atoms with E-state index in [-0.39, 0.29) is 12.6 Å². The van der Waals surface area contributed by atoms with E-state index in [2.05, 4.69) is 11.4 Å². The van der Waals surface area contributed by atoms with Gasteiger partial charge in [-0.25, -0.2) is 4.79 Å². The second-order valence-electron chi connectivity index (χ2n) is 4.93. The molecule has 0 aliphatic carbocycles. The molecule has 22 heavy (non-hydrogen) atoms. The summed E-state index contributed by atoms with van der Waals surface area (Å²) in [5.41, 5.74) is 2.32. The van der Waals surface area contributed by atoms with Crippen LogP contribution in [0.15, 0.2) is 48.5 Å². The molecule has 0 aromatic heterocycles. The van der Waals surface area contributed by atoms with Crippen molar-refractivity contribution in [1.82, 2.24) is 5.32 Å². The van der Waals surface area contributed by atoms with Crippen molar-refractivity contribution in [3.63, 3.8) is 0 Å². The van der Waals surface area contributed by atoms with Crippen LogP contribution in [0.3, 0.4) is 0 Å². The average molecular weight is 294 g/mol. The zero-order chi connectivity index (χ0) is 15.4. The van der Waals surface area contributed by atoms with Gasteiger partial charge in [0, 0.05) is 5.56 Å². The van der Waals surface area contributed by atoms with Gasteiger partial charge in [0.05, 0.1) is 17.7 Å². The van der Waals surface area contributed by atoms with Gasteiger partial charge in [-0.15, -0.1) is 0 Å². The van der Waals surface area contributed by atoms with Crippen LogP contribution in [0.5, 0.6) is 5.75 Å². The maximum Gasteiger partial charge on any atom is 0.408 e. The van der Waals surface area contributed by atoms with Crippen LogP contribution in [-0.4, -0.2) is 12.7 Å². The number of rotatable bonds is 3. The van der Waals surface area contributed by atoms with Gasteiger partial charge >= 0.3 is 6.09 Å². The second-order valence-corrected chi connectivity index (χ2v) is 4.93. The van der Waals surface area contributed by atoms with Gasteiger partial charge in [-0.1, -0.05) is 36.4 Å². The Labute approximate surface area is 128 Å². The lowest BCUT2D eigenvalue weighted by Crippen LogP contribution is -2.29. The summed E-state index contributed by atoms with van der Waals surface area (Å²) >= 11 is 0. The highest BCUT2D eigenvalue weighted by molar-refractivity contribution is 5.68. The summed E-state index contributed by atoms with van der Waals surface area (Å²) in [6.45, 7) is 0.561. The number of hydrogen-bond donors (Lipinski definition) is 1. The Bertz CT molecular complexity index is 722. The van der Waals surface area contributed by atoms with Crippen molar-refractivity contribution in [1.29, 1.82) is 5.26 Å². The number of nitrogens with one attached hydrogen (secondary N) is 1. The van der Waals surface area contributed by atoms with E-state index in [1.165, 1.54) is 0 Å². The van der Waals surface area contributed by atoms with Crippen LogP contribution in [0.4, 0.5) is 4.79 Å². The minimum atomic E-state index is -0.491. The van der Waals surface area contributed by atoms with Gasteiger partial charge in [0.25, 0.3) is 0 Å². The maximum absolute atomic E-state index is 11.9. The summed E-state index contributed by atoms with van der Waals surface area (Å²) in [6, 6.07) is 16.5. The van der Waals surface area contributed by atoms with Gasteiger partial charge in [-0.3, -0.25) is 0 Å². The summed E-state index contributed by atoms with van der Waals surface area (Å²) in [7, 11) is 0. The fourth-order valence-corrected chi connectivity index (χ4v) is 2.31. The second kappa shape index (κ2) is 6.19. The molecule has 0 spiro atoms. The topological polar surface area (TPSA) is 71.3 Å². The molecule has 2 aromatic carbocycles. The Morgan fingerprint density at radius 3 is 2.91 bits per heavy atom. The quantitative estimate of drug-likeness (QED) is 0.944. The third kappa shape index (κ3) is 3.01. The van der Waals surface area contributed by atoms with Gasteiger partial charge in [-0.05, 0) is 17.7 Å². The molecule has 0 fully saturated rings. The highest BCUT2D eigenvalue weighted by Crippen LogP contribution is 2.32. The first kappa shape index (κ1) is 14.0. The summed E-state index contributed by atoms with van der Waals surface area (Å²) < 4.78 is 10.7. The summed E-state index contributed by atoms with van der Waals surface area (Å²) in [4.78, 5) is 11.9. The van der Waals surface area contributed by atoms with E-state index in [0.717, 1.165) is 11.1 Å². The molecule has 110 valence electrons. The van der Waals surface area contributed by atoms with Crippen molar-refractivity contribution in [2.45, 2.75) is 12.6 Å². The summed E-state index contributed by atoms with van der Waals surface area (Å²) in [5.74, 6) is 0.632. The number of fused-ring (bicyclic) bond motifs is 1. The van der Waals surface area contributed by atoms with E-state index in [1.807, 2.05) is 30.3 Å². The van der Waals surface area contributed by atoms with Crippen molar-refractivity contribution in [3.05, 3.63) is 65.2 Å². The predicted octanol–water partition coefficient (Wildman–Crippen LogP) is 2.92. The number of nitriles is 1. The van der Waals surface area contributed by atoms with Crippen molar-refractivity contribution >= 4 is 6.09 Å². The molecule has 2 aromatic rings. The van der Waals surface area contributed by atoms with E-state index < -0.39 is 6.09 Å². The number of ether oxygens (including phenoxy) is 2.